The smallest absolute Gasteiger partial charge is 0.217 e. The van der Waals surface area contributed by atoms with Crippen molar-refractivity contribution >= 4 is 21.8 Å². The fraction of sp³-hybridized carbons (Fsp3) is 0.400. The Morgan fingerprint density at radius 2 is 1.65 bits per heavy atom. The van der Waals surface area contributed by atoms with Gasteiger partial charge in [0.2, 0.25) is 10.4 Å². The van der Waals surface area contributed by atoms with Crippen LogP contribution in [0.5, 0.6) is 0 Å². The first-order valence-electron chi connectivity index (χ1n) is 4.76. The third-order valence-corrected chi connectivity index (χ3v) is 2.27. The van der Waals surface area contributed by atoms with Crippen LogP contribution in [-0.2, 0) is 14.6 Å². The molecule has 0 aliphatic heterocycles. The van der Waals surface area contributed by atoms with Gasteiger partial charge < -0.3 is 10.3 Å². The van der Waals surface area contributed by atoms with Gasteiger partial charge in [-0.05, 0) is 6.07 Å². The maximum atomic E-state index is 9.22. The molecule has 0 spiro atoms. The topological polar surface area (TPSA) is 92.5 Å². The molecule has 0 amide bonds. The molecule has 0 fully saturated rings. The number of benzene rings is 1. The third kappa shape index (κ3) is 6.90. The van der Waals surface area contributed by atoms with Crippen molar-refractivity contribution in [2.75, 3.05) is 34.0 Å². The summed E-state index contributed by atoms with van der Waals surface area (Å²) >= 11 is 0. The van der Waals surface area contributed by atoms with Crippen molar-refractivity contribution in [1.82, 2.24) is 4.48 Å². The maximum Gasteiger partial charge on any atom is 0.217 e. The van der Waals surface area contributed by atoms with Crippen LogP contribution in [0.2, 0.25) is 0 Å². The first-order valence-corrected chi connectivity index (χ1v) is 6.09. The molecule has 0 saturated carbocycles. The summed E-state index contributed by atoms with van der Waals surface area (Å²) in [5.41, 5.74) is 7.81. The van der Waals surface area contributed by atoms with Gasteiger partial charge in [0.15, 0.2) is 5.69 Å². The highest BCUT2D eigenvalue weighted by Gasteiger charge is 2.13. The monoisotopic (exact) mass is 262 g/mol. The van der Waals surface area contributed by atoms with Gasteiger partial charge in [0.05, 0.1) is 33.9 Å². The fourth-order valence-electron chi connectivity index (χ4n) is 1.10. The first kappa shape index (κ1) is 15.9. The van der Waals surface area contributed by atoms with Crippen molar-refractivity contribution in [2.24, 2.45) is 0 Å². The number of quaternary nitrogens is 1. The average molecular weight is 262 g/mol. The molecule has 2 N–H and O–H groups in total. The van der Waals surface area contributed by atoms with Gasteiger partial charge in [0.1, 0.15) is 0 Å². The van der Waals surface area contributed by atoms with Gasteiger partial charge in [-0.15, -0.1) is 0 Å². The second-order valence-corrected chi connectivity index (χ2v) is 5.30. The van der Waals surface area contributed by atoms with Crippen molar-refractivity contribution in [3.63, 3.8) is 0 Å². The molecule has 17 heavy (non-hydrogen) atoms. The van der Waals surface area contributed by atoms with Crippen molar-refractivity contribution < 1.29 is 17.2 Å². The molecule has 1 rings (SSSR count). The molecule has 0 bridgehead atoms. The lowest BCUT2D eigenvalue weighted by Crippen LogP contribution is -2.35. The number of hydrogen-bond donors (Lipinski definition) is 1. The molecule has 6 nitrogen and oxygen atoms in total. The van der Waals surface area contributed by atoms with Gasteiger partial charge in [0.25, 0.3) is 0 Å². The van der Waals surface area contributed by atoms with Gasteiger partial charge in [-0.2, -0.15) is 0 Å². The van der Waals surface area contributed by atoms with E-state index in [2.05, 4.69) is 31.4 Å². The van der Waals surface area contributed by atoms with Crippen LogP contribution in [0.3, 0.4) is 0 Å². The quantitative estimate of drug-likeness (QED) is 0.364. The minimum absolute atomic E-state index is 0.771. The van der Waals surface area contributed by atoms with Crippen LogP contribution in [0.25, 0.3) is 0 Å². The van der Waals surface area contributed by atoms with E-state index in [-0.39, 0.29) is 0 Å². The highest BCUT2D eigenvalue weighted by atomic mass is 32.3. The normalized spacial score (nSPS) is 11.6. The number of nitrogens with zero attached hydrogens (tertiary/aromatic N) is 1. The number of rotatable bonds is 2. The van der Waals surface area contributed by atoms with E-state index in [0.717, 1.165) is 23.0 Å². The Hall–Kier alpha value is -1.15. The summed E-state index contributed by atoms with van der Waals surface area (Å²) in [6, 6.07) is 7.94. The van der Waals surface area contributed by atoms with Crippen molar-refractivity contribution in [2.45, 2.75) is 0 Å². The molecular weight excluding hydrogens is 244 g/mol. The Balaban J connectivity index is 0.000000366. The Morgan fingerprint density at radius 3 is 1.88 bits per heavy atom. The van der Waals surface area contributed by atoms with Crippen molar-refractivity contribution in [3.05, 3.63) is 24.3 Å². The van der Waals surface area contributed by atoms with Crippen LogP contribution in [-0.4, -0.2) is 41.2 Å². The zero-order valence-corrected chi connectivity index (χ0v) is 11.2. The zero-order chi connectivity index (χ0) is 13.7. The van der Waals surface area contributed by atoms with Gasteiger partial charge in [0, 0.05) is 6.07 Å². The van der Waals surface area contributed by atoms with Crippen LogP contribution < -0.4 is 10.2 Å². The second kappa shape index (κ2) is 5.97. The summed E-state index contributed by atoms with van der Waals surface area (Å²) in [4.78, 5) is 0. The van der Waals surface area contributed by atoms with E-state index in [9.17, 15) is 13.0 Å². The molecule has 0 saturated heterocycles. The van der Waals surface area contributed by atoms with E-state index in [1.165, 1.54) is 0 Å². The Labute approximate surface area is 102 Å². The van der Waals surface area contributed by atoms with Crippen LogP contribution in [0.1, 0.15) is 0 Å². The Bertz CT molecular complexity index is 452. The zero-order valence-electron chi connectivity index (χ0n) is 10.4. The summed E-state index contributed by atoms with van der Waals surface area (Å²) < 4.78 is 31.8. The summed E-state index contributed by atoms with van der Waals surface area (Å²) in [5, 5.41) is 0. The number of nitrogens with two attached hydrogens (primary N) is 1. The minimum atomic E-state index is -4.41. The molecule has 7 heteroatoms. The van der Waals surface area contributed by atoms with Crippen LogP contribution in [0, 0.1) is 0 Å². The van der Waals surface area contributed by atoms with Crippen LogP contribution >= 0.6 is 0 Å². The highest BCUT2D eigenvalue weighted by Crippen LogP contribution is 2.23. The Kier molecular flexibility index (Phi) is 5.56. The molecule has 0 aliphatic carbocycles. The summed E-state index contributed by atoms with van der Waals surface area (Å²) in [6.07, 6.45) is 0. The van der Waals surface area contributed by atoms with Gasteiger partial charge in [-0.25, -0.2) is 8.42 Å². The third-order valence-electron chi connectivity index (χ3n) is 1.86. The number of anilines is 1. The molecular formula is C10H18N2O4S. The summed E-state index contributed by atoms with van der Waals surface area (Å²) in [5.74, 6) is 0. The van der Waals surface area contributed by atoms with E-state index < -0.39 is 10.4 Å². The molecule has 0 heterocycles. The lowest BCUT2D eigenvalue weighted by Gasteiger charge is -2.24. The molecule has 0 aromatic heterocycles. The predicted molar refractivity (Wildman–Crippen MR) is 67.1 cm³/mol. The van der Waals surface area contributed by atoms with E-state index in [1.54, 1.807) is 0 Å². The summed E-state index contributed by atoms with van der Waals surface area (Å²) in [7, 11) is 2.70. The number of nitrogen functional groups attached to an aromatic ring is 1. The second-order valence-electron chi connectivity index (χ2n) is 4.15. The SMILES string of the molecule is COS(=O)(=O)[O-].C[N+](C)(C)c1ccccc1N. The minimum Gasteiger partial charge on any atom is -0.726 e. The maximum absolute atomic E-state index is 9.22. The largest absolute Gasteiger partial charge is 0.726 e. The predicted octanol–water partition coefficient (Wildman–Crippen LogP) is 0.558. The van der Waals surface area contributed by atoms with Gasteiger partial charge in [-0.3, -0.25) is 8.67 Å². The molecule has 0 unspecified atom stereocenters. The van der Waals surface area contributed by atoms with E-state index in [0.29, 0.717) is 0 Å². The summed E-state index contributed by atoms with van der Waals surface area (Å²) in [6.45, 7) is 0. The molecule has 1 aromatic rings. The molecule has 0 atom stereocenters. The lowest BCUT2D eigenvalue weighted by atomic mass is 10.2. The van der Waals surface area contributed by atoms with Crippen molar-refractivity contribution in [3.8, 4) is 0 Å². The molecule has 1 aromatic carbocycles. The molecule has 98 valence electrons. The molecule has 0 radical (unpaired) electrons. The van der Waals surface area contributed by atoms with Gasteiger partial charge in [-0.1, -0.05) is 12.1 Å². The van der Waals surface area contributed by atoms with Crippen LogP contribution in [0.4, 0.5) is 11.4 Å². The van der Waals surface area contributed by atoms with E-state index in [1.807, 2.05) is 18.2 Å². The van der Waals surface area contributed by atoms with Crippen molar-refractivity contribution in [1.29, 1.82) is 0 Å². The molecule has 0 aliphatic rings. The fourth-order valence-corrected chi connectivity index (χ4v) is 1.10. The number of para-hydroxylation sites is 2. The van der Waals surface area contributed by atoms with Crippen LogP contribution in [0.15, 0.2) is 24.3 Å². The first-order chi connectivity index (χ1) is 7.58. The standard InChI is InChI=1S/C9H15N2.CH4O4S/c1-11(2,3)9-7-5-4-6-8(9)10;1-5-6(2,3)4/h4-7H,10H2,1-3H3;1H3,(H,2,3,4)/q+1;/p-1. The average Bonchev–Trinajstić information content (AvgIpc) is 2.16. The van der Waals surface area contributed by atoms with E-state index in [4.69, 9.17) is 5.73 Å². The lowest BCUT2D eigenvalue weighted by molar-refractivity contribution is 0.314. The Morgan fingerprint density at radius 1 is 1.24 bits per heavy atom. The van der Waals surface area contributed by atoms with Gasteiger partial charge >= 0.3 is 0 Å². The highest BCUT2D eigenvalue weighted by molar-refractivity contribution is 7.80. The number of hydrogen-bond acceptors (Lipinski definition) is 5. The van der Waals surface area contributed by atoms with E-state index >= 15 is 0 Å².